The van der Waals surface area contributed by atoms with E-state index in [9.17, 15) is 13.7 Å². The molecule has 0 atom stereocenters. The Balaban J connectivity index is 2.11. The predicted octanol–water partition coefficient (Wildman–Crippen LogP) is 3.14. The van der Waals surface area contributed by atoms with Crippen LogP contribution in [0.1, 0.15) is 16.8 Å². The summed E-state index contributed by atoms with van der Waals surface area (Å²) in [5.41, 5.74) is 2.21. The van der Waals surface area contributed by atoms with E-state index < -0.39 is 9.84 Å². The molecule has 0 fully saturated rings. The van der Waals surface area contributed by atoms with Crippen LogP contribution < -0.4 is 0 Å². The highest BCUT2D eigenvalue weighted by molar-refractivity contribution is 8.00. The van der Waals surface area contributed by atoms with Gasteiger partial charge in [-0.15, -0.1) is 11.8 Å². The molecule has 0 aliphatic heterocycles. The highest BCUT2D eigenvalue weighted by Crippen LogP contribution is 2.24. The number of hydrogen-bond donors (Lipinski definition) is 0. The predicted molar refractivity (Wildman–Crippen MR) is 87.6 cm³/mol. The molecule has 0 saturated heterocycles. The fourth-order valence-corrected chi connectivity index (χ4v) is 4.81. The van der Waals surface area contributed by atoms with Gasteiger partial charge in [-0.05, 0) is 37.6 Å². The summed E-state index contributed by atoms with van der Waals surface area (Å²) in [6.45, 7) is 3.72. The molecule has 1 aromatic carbocycles. The van der Waals surface area contributed by atoms with E-state index >= 15 is 0 Å². The number of aryl methyl sites for hydroxylation is 2. The van der Waals surface area contributed by atoms with Gasteiger partial charge in [-0.1, -0.05) is 18.2 Å². The SMILES string of the molecule is Cc1cc(C)c(C#N)c(SCCS(=O)(=O)c2ccccc2)n1. The maximum Gasteiger partial charge on any atom is 0.179 e. The summed E-state index contributed by atoms with van der Waals surface area (Å²) < 4.78 is 24.4. The average Bonchev–Trinajstić information content (AvgIpc) is 2.47. The molecular formula is C16H16N2O2S2. The molecule has 4 nitrogen and oxygen atoms in total. The molecule has 0 bridgehead atoms. The number of sulfone groups is 1. The first kappa shape index (κ1) is 16.5. The number of nitrogens with zero attached hydrogens (tertiary/aromatic N) is 2. The molecule has 0 spiro atoms. The normalized spacial score (nSPS) is 11.1. The average molecular weight is 332 g/mol. The minimum absolute atomic E-state index is 0.0151. The molecule has 22 heavy (non-hydrogen) atoms. The van der Waals surface area contributed by atoms with Gasteiger partial charge < -0.3 is 0 Å². The first-order valence-corrected chi connectivity index (χ1v) is 9.37. The van der Waals surface area contributed by atoms with Gasteiger partial charge in [-0.2, -0.15) is 5.26 Å². The van der Waals surface area contributed by atoms with Crippen molar-refractivity contribution in [3.8, 4) is 6.07 Å². The minimum Gasteiger partial charge on any atom is -0.245 e. The third-order valence-corrected chi connectivity index (χ3v) is 6.08. The summed E-state index contributed by atoms with van der Waals surface area (Å²) in [6, 6.07) is 12.4. The Labute approximate surface area is 135 Å². The number of rotatable bonds is 5. The zero-order chi connectivity index (χ0) is 16.2. The number of hydrogen-bond acceptors (Lipinski definition) is 5. The molecule has 2 aromatic rings. The second-order valence-corrected chi connectivity index (χ2v) is 8.05. The van der Waals surface area contributed by atoms with Gasteiger partial charge in [0.2, 0.25) is 0 Å². The van der Waals surface area contributed by atoms with Crippen LogP contribution in [0.4, 0.5) is 0 Å². The fourth-order valence-electron chi connectivity index (χ4n) is 2.04. The Morgan fingerprint density at radius 2 is 1.91 bits per heavy atom. The van der Waals surface area contributed by atoms with Crippen molar-refractivity contribution in [2.45, 2.75) is 23.8 Å². The molecule has 0 aliphatic rings. The minimum atomic E-state index is -3.30. The molecular weight excluding hydrogens is 316 g/mol. The number of aromatic nitrogens is 1. The van der Waals surface area contributed by atoms with Gasteiger partial charge in [0, 0.05) is 11.4 Å². The Bertz CT molecular complexity index is 810. The third-order valence-electron chi connectivity index (χ3n) is 3.12. The molecule has 0 unspecified atom stereocenters. The van der Waals surface area contributed by atoms with E-state index in [-0.39, 0.29) is 5.75 Å². The molecule has 6 heteroatoms. The lowest BCUT2D eigenvalue weighted by Crippen LogP contribution is -2.09. The topological polar surface area (TPSA) is 70.8 Å². The second-order valence-electron chi connectivity index (χ2n) is 4.85. The van der Waals surface area contributed by atoms with Crippen molar-refractivity contribution in [3.63, 3.8) is 0 Å². The second kappa shape index (κ2) is 6.95. The van der Waals surface area contributed by atoms with E-state index in [0.717, 1.165) is 11.3 Å². The summed E-state index contributed by atoms with van der Waals surface area (Å²) in [7, 11) is -3.30. The Hall–Kier alpha value is -1.84. The largest absolute Gasteiger partial charge is 0.245 e. The maximum atomic E-state index is 12.2. The molecule has 0 saturated carbocycles. The standard InChI is InChI=1S/C16H16N2O2S2/c1-12-10-13(2)18-16(15(12)11-17)21-8-9-22(19,20)14-6-4-3-5-7-14/h3-7,10H,8-9H2,1-2H3. The zero-order valence-corrected chi connectivity index (χ0v) is 14.0. The monoisotopic (exact) mass is 332 g/mol. The fraction of sp³-hybridized carbons (Fsp3) is 0.250. The van der Waals surface area contributed by atoms with Gasteiger partial charge in [0.25, 0.3) is 0 Å². The zero-order valence-electron chi connectivity index (χ0n) is 12.4. The van der Waals surface area contributed by atoms with Gasteiger partial charge >= 0.3 is 0 Å². The van der Waals surface area contributed by atoms with Crippen molar-refractivity contribution in [2.75, 3.05) is 11.5 Å². The van der Waals surface area contributed by atoms with Crippen LogP contribution in [0.15, 0.2) is 46.3 Å². The summed E-state index contributed by atoms with van der Waals surface area (Å²) >= 11 is 1.31. The highest BCUT2D eigenvalue weighted by atomic mass is 32.2. The number of benzene rings is 1. The van der Waals surface area contributed by atoms with E-state index in [1.54, 1.807) is 30.3 Å². The number of thioether (sulfide) groups is 1. The smallest absolute Gasteiger partial charge is 0.179 e. The van der Waals surface area contributed by atoms with Crippen molar-refractivity contribution in [1.29, 1.82) is 5.26 Å². The van der Waals surface area contributed by atoms with Crippen molar-refractivity contribution in [2.24, 2.45) is 0 Å². The Morgan fingerprint density at radius 1 is 1.23 bits per heavy atom. The van der Waals surface area contributed by atoms with Crippen molar-refractivity contribution >= 4 is 21.6 Å². The van der Waals surface area contributed by atoms with Crippen LogP contribution in [0, 0.1) is 25.2 Å². The van der Waals surface area contributed by atoms with Gasteiger partial charge in [-0.3, -0.25) is 0 Å². The molecule has 2 rings (SSSR count). The first-order chi connectivity index (χ1) is 10.4. The summed E-state index contributed by atoms with van der Waals surface area (Å²) in [4.78, 5) is 4.67. The van der Waals surface area contributed by atoms with E-state index in [2.05, 4.69) is 11.1 Å². The quantitative estimate of drug-likeness (QED) is 0.787. The maximum absolute atomic E-state index is 12.2. The number of nitriles is 1. The van der Waals surface area contributed by atoms with Crippen molar-refractivity contribution < 1.29 is 8.42 Å². The van der Waals surface area contributed by atoms with Gasteiger partial charge in [0.1, 0.15) is 11.1 Å². The van der Waals surface area contributed by atoms with Crippen LogP contribution in [0.2, 0.25) is 0 Å². The van der Waals surface area contributed by atoms with Crippen LogP contribution >= 0.6 is 11.8 Å². The van der Waals surface area contributed by atoms with Crippen LogP contribution in [-0.2, 0) is 9.84 Å². The third kappa shape index (κ3) is 3.87. The first-order valence-electron chi connectivity index (χ1n) is 6.73. The number of pyridine rings is 1. The summed E-state index contributed by atoms with van der Waals surface area (Å²) in [5, 5.41) is 9.81. The summed E-state index contributed by atoms with van der Waals surface area (Å²) in [6.07, 6.45) is 0. The molecule has 0 radical (unpaired) electrons. The Kier molecular flexibility index (Phi) is 5.22. The molecule has 0 aliphatic carbocycles. The van der Waals surface area contributed by atoms with Gasteiger partial charge in [0.05, 0.1) is 16.2 Å². The van der Waals surface area contributed by atoms with Crippen LogP contribution in [0.5, 0.6) is 0 Å². The molecule has 114 valence electrons. The molecule has 0 N–H and O–H groups in total. The van der Waals surface area contributed by atoms with Crippen LogP contribution in [-0.4, -0.2) is 24.9 Å². The van der Waals surface area contributed by atoms with E-state index in [1.807, 2.05) is 19.9 Å². The highest BCUT2D eigenvalue weighted by Gasteiger charge is 2.15. The van der Waals surface area contributed by atoms with Crippen LogP contribution in [0.25, 0.3) is 0 Å². The van der Waals surface area contributed by atoms with Crippen molar-refractivity contribution in [3.05, 3.63) is 53.2 Å². The van der Waals surface area contributed by atoms with Gasteiger partial charge in [-0.25, -0.2) is 13.4 Å². The lowest BCUT2D eigenvalue weighted by molar-refractivity contribution is 0.597. The van der Waals surface area contributed by atoms with Crippen molar-refractivity contribution in [1.82, 2.24) is 4.98 Å². The van der Waals surface area contributed by atoms with Gasteiger partial charge in [0.15, 0.2) is 9.84 Å². The lowest BCUT2D eigenvalue weighted by Gasteiger charge is -2.08. The van der Waals surface area contributed by atoms with E-state index in [4.69, 9.17) is 0 Å². The summed E-state index contributed by atoms with van der Waals surface area (Å²) in [5.74, 6) is 0.378. The molecule has 1 heterocycles. The van der Waals surface area contributed by atoms with Crippen LogP contribution in [0.3, 0.4) is 0 Å². The lowest BCUT2D eigenvalue weighted by atomic mass is 10.1. The molecule has 1 aromatic heterocycles. The Morgan fingerprint density at radius 3 is 2.55 bits per heavy atom. The van der Waals surface area contributed by atoms with E-state index in [1.165, 1.54) is 11.8 Å². The van der Waals surface area contributed by atoms with E-state index in [0.29, 0.717) is 21.2 Å². The molecule has 0 amide bonds.